The molecule has 6 heteroatoms. The number of fused-ring (bicyclic) bond motifs is 1. The molecule has 1 aliphatic carbocycles. The van der Waals surface area contributed by atoms with Crippen molar-refractivity contribution in [2.45, 2.75) is 33.6 Å². The van der Waals surface area contributed by atoms with Crippen LogP contribution in [0.2, 0.25) is 0 Å². The Hall–Kier alpha value is -3.02. The quantitative estimate of drug-likeness (QED) is 0.733. The van der Waals surface area contributed by atoms with Crippen LogP contribution in [0.3, 0.4) is 0 Å². The number of rotatable bonds is 4. The molecule has 0 radical (unpaired) electrons. The van der Waals surface area contributed by atoms with Crippen molar-refractivity contribution in [3.8, 4) is 11.3 Å². The van der Waals surface area contributed by atoms with Gasteiger partial charge in [-0.15, -0.1) is 0 Å². The van der Waals surface area contributed by atoms with E-state index in [-0.39, 0.29) is 17.2 Å². The normalized spacial score (nSPS) is 21.2. The molecule has 0 saturated heterocycles. The highest BCUT2D eigenvalue weighted by atomic mass is 16.2. The lowest BCUT2D eigenvalue weighted by Gasteiger charge is -2.11. The Kier molecular flexibility index (Phi) is 4.06. The summed E-state index contributed by atoms with van der Waals surface area (Å²) in [6.45, 7) is 6.29. The van der Waals surface area contributed by atoms with Crippen LogP contribution in [0.5, 0.6) is 0 Å². The molecule has 0 bridgehead atoms. The van der Waals surface area contributed by atoms with Crippen LogP contribution in [0.25, 0.3) is 22.0 Å². The summed E-state index contributed by atoms with van der Waals surface area (Å²) in [4.78, 5) is 25.5. The first-order chi connectivity index (χ1) is 12.9. The van der Waals surface area contributed by atoms with E-state index in [1.54, 1.807) is 18.6 Å². The molecule has 2 atom stereocenters. The van der Waals surface area contributed by atoms with Crippen molar-refractivity contribution >= 4 is 28.3 Å². The predicted octanol–water partition coefficient (Wildman–Crippen LogP) is 3.96. The lowest BCUT2D eigenvalue weighted by molar-refractivity contribution is -0.118. The number of nitrogens with one attached hydrogen (secondary N) is 1. The summed E-state index contributed by atoms with van der Waals surface area (Å²) in [6.07, 6.45) is 7.14. The van der Waals surface area contributed by atoms with Crippen LogP contribution < -0.4 is 11.1 Å². The zero-order valence-electron chi connectivity index (χ0n) is 15.8. The molecular formula is C21H23N5O. The van der Waals surface area contributed by atoms with Gasteiger partial charge in [0.15, 0.2) is 0 Å². The fourth-order valence-corrected chi connectivity index (χ4v) is 3.53. The molecule has 27 heavy (non-hydrogen) atoms. The van der Waals surface area contributed by atoms with Crippen LogP contribution in [0.15, 0.2) is 36.8 Å². The van der Waals surface area contributed by atoms with E-state index in [4.69, 9.17) is 5.73 Å². The number of pyridine rings is 3. The van der Waals surface area contributed by atoms with Crippen LogP contribution in [-0.2, 0) is 4.79 Å². The third-order valence-corrected chi connectivity index (χ3v) is 5.79. The van der Waals surface area contributed by atoms with Gasteiger partial charge in [0.2, 0.25) is 5.91 Å². The van der Waals surface area contributed by atoms with Crippen molar-refractivity contribution in [1.29, 1.82) is 0 Å². The summed E-state index contributed by atoms with van der Waals surface area (Å²) in [5.74, 6) is 1.06. The number of nitrogens with zero attached hydrogens (tertiary/aromatic N) is 3. The number of amides is 1. The first-order valence-electron chi connectivity index (χ1n) is 9.19. The lowest BCUT2D eigenvalue weighted by atomic mass is 10.0. The number of anilines is 2. The lowest BCUT2D eigenvalue weighted by Crippen LogP contribution is -2.18. The highest BCUT2D eigenvalue weighted by Gasteiger charge is 2.52. The second-order valence-electron chi connectivity index (χ2n) is 7.63. The first-order valence-corrected chi connectivity index (χ1v) is 9.19. The van der Waals surface area contributed by atoms with E-state index in [9.17, 15) is 4.79 Å². The SMILES string of the molecule is CC[C@]1(C)C[C@@H]1C(=O)Nc1cc2cc(-c3cnccc3C)nc(N)c2cn1. The Balaban J connectivity index is 1.67. The smallest absolute Gasteiger partial charge is 0.229 e. The third kappa shape index (κ3) is 3.12. The minimum atomic E-state index is 0.0385. The molecule has 0 aromatic carbocycles. The van der Waals surface area contributed by atoms with Crippen molar-refractivity contribution in [3.63, 3.8) is 0 Å². The zero-order chi connectivity index (χ0) is 19.2. The highest BCUT2D eigenvalue weighted by molar-refractivity contribution is 5.98. The van der Waals surface area contributed by atoms with Gasteiger partial charge in [-0.05, 0) is 54.3 Å². The fourth-order valence-electron chi connectivity index (χ4n) is 3.53. The van der Waals surface area contributed by atoms with Crippen LogP contribution in [0.1, 0.15) is 32.3 Å². The molecule has 1 fully saturated rings. The Labute approximate surface area is 158 Å². The van der Waals surface area contributed by atoms with E-state index in [2.05, 4.69) is 34.1 Å². The van der Waals surface area contributed by atoms with Gasteiger partial charge < -0.3 is 11.1 Å². The van der Waals surface area contributed by atoms with Crippen LogP contribution in [-0.4, -0.2) is 20.9 Å². The maximum atomic E-state index is 12.5. The molecule has 4 rings (SSSR count). The average Bonchev–Trinajstić information content (AvgIpc) is 3.34. The summed E-state index contributed by atoms with van der Waals surface area (Å²) in [5, 5.41) is 4.61. The number of nitrogens with two attached hydrogens (primary N) is 1. The van der Waals surface area contributed by atoms with Crippen molar-refractivity contribution < 1.29 is 4.79 Å². The van der Waals surface area contributed by atoms with Gasteiger partial charge >= 0.3 is 0 Å². The third-order valence-electron chi connectivity index (χ3n) is 5.79. The molecule has 3 N–H and O–H groups in total. The van der Waals surface area contributed by atoms with E-state index in [0.29, 0.717) is 11.6 Å². The number of nitrogen functional groups attached to an aromatic ring is 1. The number of aryl methyl sites for hydroxylation is 1. The first kappa shape index (κ1) is 17.4. The minimum absolute atomic E-state index is 0.0385. The van der Waals surface area contributed by atoms with Gasteiger partial charge in [-0.1, -0.05) is 13.8 Å². The van der Waals surface area contributed by atoms with E-state index in [1.165, 1.54) is 0 Å². The second kappa shape index (κ2) is 6.30. The number of hydrogen-bond donors (Lipinski definition) is 2. The van der Waals surface area contributed by atoms with Gasteiger partial charge in [-0.3, -0.25) is 9.78 Å². The molecule has 6 nitrogen and oxygen atoms in total. The topological polar surface area (TPSA) is 93.8 Å². The average molecular weight is 361 g/mol. The molecule has 1 aliphatic rings. The molecule has 3 aromatic rings. The van der Waals surface area contributed by atoms with Gasteiger partial charge in [0.1, 0.15) is 11.6 Å². The highest BCUT2D eigenvalue weighted by Crippen LogP contribution is 2.55. The molecule has 1 saturated carbocycles. The predicted molar refractivity (Wildman–Crippen MR) is 107 cm³/mol. The van der Waals surface area contributed by atoms with Gasteiger partial charge in [0.05, 0.1) is 5.69 Å². The number of carbonyl (C=O) groups is 1. The molecule has 138 valence electrons. The van der Waals surface area contributed by atoms with E-state index >= 15 is 0 Å². The van der Waals surface area contributed by atoms with Crippen molar-refractivity contribution in [3.05, 3.63) is 42.4 Å². The van der Waals surface area contributed by atoms with Crippen LogP contribution in [0.4, 0.5) is 11.6 Å². The Morgan fingerprint density at radius 1 is 1.37 bits per heavy atom. The minimum Gasteiger partial charge on any atom is -0.383 e. The maximum Gasteiger partial charge on any atom is 0.229 e. The van der Waals surface area contributed by atoms with Crippen LogP contribution >= 0.6 is 0 Å². The summed E-state index contributed by atoms with van der Waals surface area (Å²) < 4.78 is 0. The van der Waals surface area contributed by atoms with Crippen molar-refractivity contribution in [2.24, 2.45) is 11.3 Å². The standard InChI is InChI=1S/C21H23N5O/c1-4-21(3)9-16(21)20(27)26-18-8-13-7-17(14-10-23-6-5-12(14)2)25-19(22)15(13)11-24-18/h5-8,10-11,16H,4,9H2,1-3H3,(H2,22,25)(H,24,26,27)/t16-,21-/m1/s1. The van der Waals surface area contributed by atoms with E-state index < -0.39 is 0 Å². The summed E-state index contributed by atoms with van der Waals surface area (Å²) in [6, 6.07) is 5.75. The number of aromatic nitrogens is 3. The Morgan fingerprint density at radius 3 is 2.89 bits per heavy atom. The number of carbonyl (C=O) groups excluding carboxylic acids is 1. The molecule has 3 heterocycles. The molecule has 1 amide bonds. The summed E-state index contributed by atoms with van der Waals surface area (Å²) in [5.41, 5.74) is 9.04. The Morgan fingerprint density at radius 2 is 2.19 bits per heavy atom. The summed E-state index contributed by atoms with van der Waals surface area (Å²) >= 11 is 0. The molecular weight excluding hydrogens is 338 g/mol. The van der Waals surface area contributed by atoms with Gasteiger partial charge in [-0.2, -0.15) is 0 Å². The Bertz CT molecular complexity index is 1050. The fraction of sp³-hybridized carbons (Fsp3) is 0.333. The summed E-state index contributed by atoms with van der Waals surface area (Å²) in [7, 11) is 0. The van der Waals surface area contributed by atoms with Gasteiger partial charge in [0, 0.05) is 35.5 Å². The van der Waals surface area contributed by atoms with Gasteiger partial charge in [-0.25, -0.2) is 9.97 Å². The van der Waals surface area contributed by atoms with Crippen molar-refractivity contribution in [2.75, 3.05) is 11.1 Å². The van der Waals surface area contributed by atoms with E-state index in [1.807, 2.05) is 25.1 Å². The van der Waals surface area contributed by atoms with Crippen molar-refractivity contribution in [1.82, 2.24) is 15.0 Å². The zero-order valence-corrected chi connectivity index (χ0v) is 15.8. The monoisotopic (exact) mass is 361 g/mol. The second-order valence-corrected chi connectivity index (χ2v) is 7.63. The molecule has 0 unspecified atom stereocenters. The molecule has 0 aliphatic heterocycles. The van der Waals surface area contributed by atoms with Crippen LogP contribution in [0, 0.1) is 18.3 Å². The largest absolute Gasteiger partial charge is 0.383 e. The molecule has 3 aromatic heterocycles. The molecule has 0 spiro atoms. The number of hydrogen-bond acceptors (Lipinski definition) is 5. The van der Waals surface area contributed by atoms with Gasteiger partial charge in [0.25, 0.3) is 0 Å². The van der Waals surface area contributed by atoms with E-state index in [0.717, 1.165) is 40.4 Å². The maximum absolute atomic E-state index is 12.5.